The number of carbonyl (C=O) groups is 2. The van der Waals surface area contributed by atoms with E-state index in [2.05, 4.69) is 17.2 Å². The van der Waals surface area contributed by atoms with Crippen molar-refractivity contribution in [2.45, 2.75) is 26.2 Å². The van der Waals surface area contributed by atoms with Gasteiger partial charge in [0.2, 0.25) is 5.91 Å². The first-order valence-electron chi connectivity index (χ1n) is 13.2. The number of carboxylic acids is 1. The molecular formula is C30H37N3O9S2. The van der Waals surface area contributed by atoms with E-state index < -0.39 is 38.0 Å². The second kappa shape index (κ2) is 15.2. The largest absolute Gasteiger partial charge is 0.481 e. The molecule has 3 atom stereocenters. The van der Waals surface area contributed by atoms with Gasteiger partial charge >= 0.3 is 5.97 Å². The van der Waals surface area contributed by atoms with E-state index in [1.165, 1.54) is 0 Å². The molecule has 3 aromatic rings. The van der Waals surface area contributed by atoms with Crippen molar-refractivity contribution in [3.8, 4) is 0 Å². The molecule has 0 spiro atoms. The third-order valence-corrected chi connectivity index (χ3v) is 6.45. The van der Waals surface area contributed by atoms with Crippen LogP contribution in [0.5, 0.6) is 0 Å². The monoisotopic (exact) mass is 647 g/mol. The third kappa shape index (κ3) is 12.3. The lowest BCUT2D eigenvalue weighted by Crippen LogP contribution is -2.29. The summed E-state index contributed by atoms with van der Waals surface area (Å²) in [5.74, 6) is -2.12. The molecular weight excluding hydrogens is 610 g/mol. The summed E-state index contributed by atoms with van der Waals surface area (Å²) >= 11 is 0. The summed E-state index contributed by atoms with van der Waals surface area (Å²) in [6.45, 7) is 4.09. The number of hydrogen-bond acceptors (Lipinski definition) is 8. The van der Waals surface area contributed by atoms with Gasteiger partial charge in [0, 0.05) is 35.4 Å². The van der Waals surface area contributed by atoms with Gasteiger partial charge in [-0.05, 0) is 48.1 Å². The van der Waals surface area contributed by atoms with Crippen molar-refractivity contribution in [2.24, 2.45) is 17.1 Å². The van der Waals surface area contributed by atoms with Gasteiger partial charge in [0.1, 0.15) is 0 Å². The van der Waals surface area contributed by atoms with Crippen molar-refractivity contribution in [3.05, 3.63) is 95.9 Å². The van der Waals surface area contributed by atoms with Crippen LogP contribution in [0.15, 0.2) is 84.7 Å². The molecule has 44 heavy (non-hydrogen) atoms. The zero-order valence-corrected chi connectivity index (χ0v) is 26.3. The van der Waals surface area contributed by atoms with Crippen molar-refractivity contribution in [2.75, 3.05) is 24.4 Å². The number of fused-ring (bicyclic) bond motifs is 1. The minimum atomic E-state index is -3.67. The topological polar surface area (TPSA) is 214 Å². The molecule has 238 valence electrons. The number of nitrogens with one attached hydrogen (secondary N) is 1. The molecule has 6 N–H and O–H groups in total. The Morgan fingerprint density at radius 1 is 1.02 bits per heavy atom. The second-order valence-electron chi connectivity index (χ2n) is 10.6. The van der Waals surface area contributed by atoms with Gasteiger partial charge in [0.15, 0.2) is 0 Å². The van der Waals surface area contributed by atoms with Crippen molar-refractivity contribution >= 4 is 48.6 Å². The smallest absolute Gasteiger partial charge is 0.314 e. The minimum Gasteiger partial charge on any atom is -0.481 e. The molecule has 3 unspecified atom stereocenters. The van der Waals surface area contributed by atoms with E-state index in [4.69, 9.17) is 14.8 Å². The molecule has 1 amide bonds. The van der Waals surface area contributed by atoms with Crippen LogP contribution in [-0.4, -0.2) is 67.0 Å². The van der Waals surface area contributed by atoms with Crippen LogP contribution in [-0.2, 0) is 36.2 Å². The number of carbonyl (C=O) groups excluding carboxylic acids is 1. The Labute approximate surface area is 257 Å². The van der Waals surface area contributed by atoms with Gasteiger partial charge < -0.3 is 16.2 Å². The minimum absolute atomic E-state index is 0.162. The molecule has 0 saturated heterocycles. The molecule has 0 radical (unpaired) electrons. The first kappa shape index (κ1) is 36.2. The number of aliphatic carboxylic acids is 1. The first-order chi connectivity index (χ1) is 20.3. The van der Waals surface area contributed by atoms with Crippen molar-refractivity contribution in [1.82, 2.24) is 4.98 Å². The molecule has 0 saturated carbocycles. The fourth-order valence-corrected chi connectivity index (χ4v) is 4.72. The number of benzene rings is 2. The summed E-state index contributed by atoms with van der Waals surface area (Å²) in [5.41, 5.74) is 9.17. The normalized spacial score (nSPS) is 18.5. The first-order valence-corrected chi connectivity index (χ1v) is 16.9. The summed E-state index contributed by atoms with van der Waals surface area (Å²) < 4.78 is 51.7. The molecule has 14 heteroatoms. The molecule has 0 aliphatic heterocycles. The molecule has 0 bridgehead atoms. The van der Waals surface area contributed by atoms with Gasteiger partial charge in [-0.1, -0.05) is 61.1 Å². The maximum absolute atomic E-state index is 13.3. The lowest BCUT2D eigenvalue weighted by Gasteiger charge is -2.30. The van der Waals surface area contributed by atoms with Gasteiger partial charge in [-0.25, -0.2) is 0 Å². The predicted molar refractivity (Wildman–Crippen MR) is 169 cm³/mol. The van der Waals surface area contributed by atoms with Crippen LogP contribution in [0.3, 0.4) is 0 Å². The van der Waals surface area contributed by atoms with Gasteiger partial charge in [-0.2, -0.15) is 16.8 Å². The molecule has 0 fully saturated rings. The van der Waals surface area contributed by atoms with E-state index >= 15 is 0 Å². The number of hydrogen-bond donors (Lipinski definition) is 5. The summed E-state index contributed by atoms with van der Waals surface area (Å²) in [7, 11) is -7.33. The van der Waals surface area contributed by atoms with Crippen molar-refractivity contribution in [1.29, 1.82) is 0 Å². The van der Waals surface area contributed by atoms with Gasteiger partial charge in [0.25, 0.3) is 20.2 Å². The van der Waals surface area contributed by atoms with Crippen LogP contribution in [0, 0.1) is 11.3 Å². The zero-order chi connectivity index (χ0) is 33.3. The number of amides is 1. The molecule has 1 heterocycles. The Kier molecular flexibility index (Phi) is 12.5. The molecule has 1 aromatic heterocycles. The maximum Gasteiger partial charge on any atom is 0.314 e. The van der Waals surface area contributed by atoms with Gasteiger partial charge in [0.05, 0.1) is 24.3 Å². The van der Waals surface area contributed by atoms with Crippen LogP contribution in [0.1, 0.15) is 30.9 Å². The number of carboxylic acid groups (broad SMARTS) is 1. The van der Waals surface area contributed by atoms with Gasteiger partial charge in [-0.15, -0.1) is 0 Å². The SMILES string of the molecule is CC1=CC(C)(Cc2ccccc2C(CN)C(=O)Nc2ccc3cnccc3c2)C=CC1C(=O)O.CS(=O)(=O)O.CS(=O)(=O)O. The zero-order valence-electron chi connectivity index (χ0n) is 24.7. The average Bonchev–Trinajstić information content (AvgIpc) is 2.88. The number of anilines is 1. The lowest BCUT2D eigenvalue weighted by molar-refractivity contribution is -0.139. The number of nitrogens with two attached hydrogens (primary N) is 1. The lowest BCUT2D eigenvalue weighted by atomic mass is 9.74. The Hall–Kier alpha value is -3.95. The number of allylic oxidation sites excluding steroid dienone is 2. The second-order valence-corrected chi connectivity index (χ2v) is 13.6. The summed E-state index contributed by atoms with van der Waals surface area (Å²) in [6.07, 6.45) is 11.3. The Morgan fingerprint density at radius 3 is 2.20 bits per heavy atom. The van der Waals surface area contributed by atoms with E-state index in [0.29, 0.717) is 24.6 Å². The standard InChI is InChI=1S/C28H29N3O3.2CH4O3S/c1-18-14-28(2,11-9-23(18)27(33)34)15-20-5-3-4-6-24(20)25(16-29)26(32)31-22-8-7-21-17-30-12-10-19(21)13-22;2*1-5(2,3)4/h3-14,17,23,25H,15-16,29H2,1-2H3,(H,31,32)(H,33,34);2*1H3,(H,2,3,4). The average molecular weight is 648 g/mol. The van der Waals surface area contributed by atoms with E-state index in [0.717, 1.165) is 27.5 Å². The molecule has 1 aliphatic carbocycles. The van der Waals surface area contributed by atoms with Crippen LogP contribution in [0.25, 0.3) is 10.8 Å². The van der Waals surface area contributed by atoms with E-state index in [1.807, 2.05) is 67.6 Å². The fraction of sp³-hybridized carbons (Fsp3) is 0.300. The highest BCUT2D eigenvalue weighted by Gasteiger charge is 2.30. The van der Waals surface area contributed by atoms with E-state index in [1.54, 1.807) is 18.5 Å². The fourth-order valence-electron chi connectivity index (χ4n) is 4.72. The van der Waals surface area contributed by atoms with Crippen molar-refractivity contribution in [3.63, 3.8) is 0 Å². The molecule has 4 rings (SSSR count). The third-order valence-electron chi connectivity index (χ3n) is 6.45. The van der Waals surface area contributed by atoms with Crippen LogP contribution in [0.4, 0.5) is 5.69 Å². The molecule has 2 aromatic carbocycles. The quantitative estimate of drug-likeness (QED) is 0.184. The summed E-state index contributed by atoms with van der Waals surface area (Å²) in [4.78, 5) is 28.9. The van der Waals surface area contributed by atoms with Gasteiger partial charge in [-0.3, -0.25) is 23.7 Å². The number of aromatic nitrogens is 1. The van der Waals surface area contributed by atoms with E-state index in [-0.39, 0.29) is 17.9 Å². The van der Waals surface area contributed by atoms with Crippen LogP contribution in [0.2, 0.25) is 0 Å². The molecule has 12 nitrogen and oxygen atoms in total. The predicted octanol–water partition coefficient (Wildman–Crippen LogP) is 3.69. The Morgan fingerprint density at radius 2 is 1.64 bits per heavy atom. The summed E-state index contributed by atoms with van der Waals surface area (Å²) in [6, 6.07) is 15.5. The number of pyridine rings is 1. The number of rotatable bonds is 7. The highest BCUT2D eigenvalue weighted by Crippen LogP contribution is 2.36. The maximum atomic E-state index is 13.3. The van der Waals surface area contributed by atoms with Crippen LogP contribution < -0.4 is 11.1 Å². The Bertz CT molecular complexity index is 1720. The Balaban J connectivity index is 0.000000586. The van der Waals surface area contributed by atoms with Crippen LogP contribution >= 0.6 is 0 Å². The highest BCUT2D eigenvalue weighted by atomic mass is 32.2. The summed E-state index contributed by atoms with van der Waals surface area (Å²) in [5, 5.41) is 14.4. The van der Waals surface area contributed by atoms with Crippen molar-refractivity contribution < 1.29 is 40.6 Å². The molecule has 1 aliphatic rings. The highest BCUT2D eigenvalue weighted by molar-refractivity contribution is 7.85. The van der Waals surface area contributed by atoms with E-state index in [9.17, 15) is 31.5 Å². The number of nitrogens with zero attached hydrogens (tertiary/aromatic N) is 1.